The summed E-state index contributed by atoms with van der Waals surface area (Å²) in [7, 11) is 2.07. The van der Waals surface area contributed by atoms with Gasteiger partial charge in [0.05, 0.1) is 5.02 Å². The van der Waals surface area contributed by atoms with Crippen LogP contribution in [0.2, 0.25) is 5.02 Å². The molecule has 1 heterocycles. The number of carbonyl (C=O) groups is 1. The summed E-state index contributed by atoms with van der Waals surface area (Å²) in [6.45, 7) is 8.57. The summed E-state index contributed by atoms with van der Waals surface area (Å²) < 4.78 is 0. The van der Waals surface area contributed by atoms with Gasteiger partial charge < -0.3 is 15.5 Å². The molecule has 0 bridgehead atoms. The van der Waals surface area contributed by atoms with Crippen molar-refractivity contribution in [2.75, 3.05) is 32.0 Å². The maximum Gasteiger partial charge on any atom is 0.271 e. The van der Waals surface area contributed by atoms with E-state index >= 15 is 0 Å². The third kappa shape index (κ3) is 5.89. The van der Waals surface area contributed by atoms with Gasteiger partial charge >= 0.3 is 0 Å². The molecular formula is C15H25ClN4O. The Kier molecular flexibility index (Phi) is 7.47. The normalized spacial score (nSPS) is 11.0. The highest BCUT2D eigenvalue weighted by molar-refractivity contribution is 6.33. The Balaban J connectivity index is 2.50. The number of nitrogens with zero attached hydrogens (tertiary/aromatic N) is 2. The second-order valence-corrected chi connectivity index (χ2v) is 5.65. The average Bonchev–Trinajstić information content (AvgIpc) is 2.45. The summed E-state index contributed by atoms with van der Waals surface area (Å²) in [5, 5.41) is 6.30. The van der Waals surface area contributed by atoms with Crippen molar-refractivity contribution in [3.63, 3.8) is 0 Å². The lowest BCUT2D eigenvalue weighted by Gasteiger charge is -2.20. The molecule has 1 amide bonds. The zero-order valence-electron chi connectivity index (χ0n) is 13.2. The highest BCUT2D eigenvalue weighted by atomic mass is 35.5. The van der Waals surface area contributed by atoms with Crippen LogP contribution in [0, 0.1) is 0 Å². The first-order valence-electron chi connectivity index (χ1n) is 7.34. The molecule has 0 radical (unpaired) electrons. The number of hydrogen-bond donors (Lipinski definition) is 2. The Morgan fingerprint density at radius 3 is 2.76 bits per heavy atom. The summed E-state index contributed by atoms with van der Waals surface area (Å²) >= 11 is 6.04. The standard InChI is InChI=1S/C15H25ClN4O/c1-5-17-13-8-7-12(16)14(19-13)15(21)18-9-6-10-20(4)11(2)3/h7-8,11H,5-6,9-10H2,1-4H3,(H,17,19)(H,18,21). The van der Waals surface area contributed by atoms with E-state index in [-0.39, 0.29) is 11.6 Å². The second kappa shape index (κ2) is 8.85. The number of pyridine rings is 1. The minimum absolute atomic E-state index is 0.230. The molecule has 118 valence electrons. The SMILES string of the molecule is CCNc1ccc(Cl)c(C(=O)NCCCN(C)C(C)C)n1. The molecule has 1 aromatic rings. The number of amides is 1. The van der Waals surface area contributed by atoms with E-state index in [1.165, 1.54) is 0 Å². The van der Waals surface area contributed by atoms with Crippen molar-refractivity contribution in [1.29, 1.82) is 0 Å². The molecule has 1 aromatic heterocycles. The molecule has 0 saturated carbocycles. The van der Waals surface area contributed by atoms with Crippen LogP contribution in [0.3, 0.4) is 0 Å². The molecule has 5 nitrogen and oxygen atoms in total. The largest absolute Gasteiger partial charge is 0.370 e. The number of hydrogen-bond acceptors (Lipinski definition) is 4. The van der Waals surface area contributed by atoms with Crippen LogP contribution in [0.25, 0.3) is 0 Å². The lowest BCUT2D eigenvalue weighted by atomic mass is 10.3. The van der Waals surface area contributed by atoms with Gasteiger partial charge in [0.1, 0.15) is 11.5 Å². The van der Waals surface area contributed by atoms with Gasteiger partial charge in [0.2, 0.25) is 0 Å². The number of halogens is 1. The monoisotopic (exact) mass is 312 g/mol. The first-order chi connectivity index (χ1) is 9.95. The van der Waals surface area contributed by atoms with Crippen molar-refractivity contribution in [3.8, 4) is 0 Å². The number of rotatable bonds is 8. The Morgan fingerprint density at radius 2 is 2.14 bits per heavy atom. The first kappa shape index (κ1) is 17.7. The number of nitrogens with one attached hydrogen (secondary N) is 2. The van der Waals surface area contributed by atoms with Gasteiger partial charge in [0.15, 0.2) is 0 Å². The van der Waals surface area contributed by atoms with Gasteiger partial charge in [-0.2, -0.15) is 0 Å². The molecule has 1 rings (SSSR count). The van der Waals surface area contributed by atoms with Gasteiger partial charge in [-0.05, 0) is 52.9 Å². The number of aromatic nitrogens is 1. The molecule has 0 aliphatic rings. The van der Waals surface area contributed by atoms with Crippen molar-refractivity contribution >= 4 is 23.3 Å². The van der Waals surface area contributed by atoms with E-state index in [1.54, 1.807) is 12.1 Å². The van der Waals surface area contributed by atoms with Crippen LogP contribution in [-0.4, -0.2) is 48.5 Å². The summed E-state index contributed by atoms with van der Waals surface area (Å²) in [6, 6.07) is 3.96. The lowest BCUT2D eigenvalue weighted by molar-refractivity contribution is 0.0947. The van der Waals surface area contributed by atoms with E-state index < -0.39 is 0 Å². The van der Waals surface area contributed by atoms with E-state index in [1.807, 2.05) is 6.92 Å². The Bertz CT molecular complexity index is 465. The molecular weight excluding hydrogens is 288 g/mol. The fourth-order valence-corrected chi connectivity index (χ4v) is 1.94. The molecule has 21 heavy (non-hydrogen) atoms. The Labute approximate surface area is 132 Å². The fourth-order valence-electron chi connectivity index (χ4n) is 1.75. The minimum Gasteiger partial charge on any atom is -0.370 e. The van der Waals surface area contributed by atoms with Crippen molar-refractivity contribution < 1.29 is 4.79 Å². The number of anilines is 1. The summed E-state index contributed by atoms with van der Waals surface area (Å²) in [5.41, 5.74) is 0.271. The molecule has 0 fully saturated rings. The molecule has 0 spiro atoms. The van der Waals surface area contributed by atoms with E-state index in [4.69, 9.17) is 11.6 Å². The summed E-state index contributed by atoms with van der Waals surface area (Å²) in [4.78, 5) is 18.6. The van der Waals surface area contributed by atoms with E-state index in [2.05, 4.69) is 41.4 Å². The van der Waals surface area contributed by atoms with E-state index in [0.717, 1.165) is 19.5 Å². The first-order valence-corrected chi connectivity index (χ1v) is 7.72. The molecule has 0 aliphatic carbocycles. The van der Waals surface area contributed by atoms with Crippen LogP contribution >= 0.6 is 11.6 Å². The molecule has 6 heteroatoms. The summed E-state index contributed by atoms with van der Waals surface area (Å²) in [6.07, 6.45) is 0.894. The van der Waals surface area contributed by atoms with Crippen LogP contribution < -0.4 is 10.6 Å². The predicted molar refractivity (Wildman–Crippen MR) is 88.1 cm³/mol. The van der Waals surface area contributed by atoms with Crippen molar-refractivity contribution in [3.05, 3.63) is 22.8 Å². The van der Waals surface area contributed by atoms with Gasteiger partial charge in [-0.15, -0.1) is 0 Å². The Morgan fingerprint density at radius 1 is 1.43 bits per heavy atom. The van der Waals surface area contributed by atoms with Gasteiger partial charge in [-0.3, -0.25) is 4.79 Å². The van der Waals surface area contributed by atoms with Crippen molar-refractivity contribution in [2.45, 2.75) is 33.2 Å². The zero-order valence-corrected chi connectivity index (χ0v) is 14.0. The van der Waals surface area contributed by atoms with Gasteiger partial charge in [-0.25, -0.2) is 4.98 Å². The summed E-state index contributed by atoms with van der Waals surface area (Å²) in [5.74, 6) is 0.429. The fraction of sp³-hybridized carbons (Fsp3) is 0.600. The zero-order chi connectivity index (χ0) is 15.8. The molecule has 2 N–H and O–H groups in total. The van der Waals surface area contributed by atoms with Crippen LogP contribution in [0.5, 0.6) is 0 Å². The van der Waals surface area contributed by atoms with Gasteiger partial charge in [0.25, 0.3) is 5.91 Å². The maximum atomic E-state index is 12.1. The second-order valence-electron chi connectivity index (χ2n) is 5.24. The van der Waals surface area contributed by atoms with Gasteiger partial charge in [0, 0.05) is 19.1 Å². The maximum absolute atomic E-state index is 12.1. The molecule has 0 aromatic carbocycles. The highest BCUT2D eigenvalue weighted by Gasteiger charge is 2.12. The number of carbonyl (C=O) groups excluding carboxylic acids is 1. The molecule has 0 saturated heterocycles. The highest BCUT2D eigenvalue weighted by Crippen LogP contribution is 2.16. The van der Waals surface area contributed by atoms with Crippen LogP contribution in [0.4, 0.5) is 5.82 Å². The van der Waals surface area contributed by atoms with E-state index in [9.17, 15) is 4.79 Å². The van der Waals surface area contributed by atoms with Crippen LogP contribution in [-0.2, 0) is 0 Å². The van der Waals surface area contributed by atoms with E-state index in [0.29, 0.717) is 23.4 Å². The van der Waals surface area contributed by atoms with Crippen molar-refractivity contribution in [1.82, 2.24) is 15.2 Å². The Hall–Kier alpha value is -1.33. The molecule has 0 unspecified atom stereocenters. The van der Waals surface area contributed by atoms with Crippen LogP contribution in [0.1, 0.15) is 37.7 Å². The van der Waals surface area contributed by atoms with Crippen LogP contribution in [0.15, 0.2) is 12.1 Å². The average molecular weight is 313 g/mol. The molecule has 0 aliphatic heterocycles. The minimum atomic E-state index is -0.230. The lowest BCUT2D eigenvalue weighted by Crippen LogP contribution is -2.31. The molecule has 0 atom stereocenters. The van der Waals surface area contributed by atoms with Crippen molar-refractivity contribution in [2.24, 2.45) is 0 Å². The predicted octanol–water partition coefficient (Wildman–Crippen LogP) is 2.63. The topological polar surface area (TPSA) is 57.3 Å². The third-order valence-corrected chi connectivity index (χ3v) is 3.58. The van der Waals surface area contributed by atoms with Gasteiger partial charge in [-0.1, -0.05) is 11.6 Å². The third-order valence-electron chi connectivity index (χ3n) is 3.27. The smallest absolute Gasteiger partial charge is 0.271 e. The quantitative estimate of drug-likeness (QED) is 0.725.